The van der Waals surface area contributed by atoms with Crippen molar-refractivity contribution in [1.82, 2.24) is 5.32 Å². The van der Waals surface area contributed by atoms with Gasteiger partial charge in [-0.15, -0.1) is 0 Å². The summed E-state index contributed by atoms with van der Waals surface area (Å²) in [7, 11) is -2.42. The van der Waals surface area contributed by atoms with Crippen LogP contribution in [0.2, 0.25) is 0 Å². The maximum absolute atomic E-state index is 13.3. The fraction of sp³-hybridized carbons (Fsp3) is 0.240. The number of hydrogen-bond donors (Lipinski definition) is 1. The average molecular weight is 485 g/mol. The summed E-state index contributed by atoms with van der Waals surface area (Å²) in [4.78, 5) is 12.7. The van der Waals surface area contributed by atoms with Gasteiger partial charge < -0.3 is 10.1 Å². The lowest BCUT2D eigenvalue weighted by Gasteiger charge is -2.24. The maximum Gasteiger partial charge on any atom is 0.264 e. The van der Waals surface area contributed by atoms with E-state index >= 15 is 0 Å². The molecule has 6 nitrogen and oxygen atoms in total. The van der Waals surface area contributed by atoms with E-state index in [0.29, 0.717) is 18.0 Å². The Morgan fingerprint density at radius 1 is 1.00 bits per heavy atom. The SMILES string of the molecule is COc1ccc(S(=O)(=O)N(CC(=O)NCCSCc2cccc(C)c2)c2ccccc2)cc1. The number of sulfonamides is 1. The highest BCUT2D eigenvalue weighted by Gasteiger charge is 2.27. The first-order valence-electron chi connectivity index (χ1n) is 10.5. The van der Waals surface area contributed by atoms with Gasteiger partial charge in [0, 0.05) is 18.1 Å². The molecular weight excluding hydrogens is 456 g/mol. The summed E-state index contributed by atoms with van der Waals surface area (Å²) < 4.78 is 32.9. The number of ether oxygens (including phenoxy) is 1. The van der Waals surface area contributed by atoms with E-state index in [0.717, 1.165) is 15.8 Å². The predicted molar refractivity (Wildman–Crippen MR) is 134 cm³/mol. The van der Waals surface area contributed by atoms with Gasteiger partial charge in [-0.1, -0.05) is 48.0 Å². The molecule has 0 bridgehead atoms. The van der Waals surface area contributed by atoms with Crippen molar-refractivity contribution in [2.75, 3.05) is 30.3 Å². The van der Waals surface area contributed by atoms with Crippen molar-refractivity contribution < 1.29 is 17.9 Å². The number of rotatable bonds is 11. The lowest BCUT2D eigenvalue weighted by atomic mass is 10.2. The Morgan fingerprint density at radius 3 is 2.39 bits per heavy atom. The number of thioether (sulfide) groups is 1. The number of amides is 1. The molecule has 174 valence electrons. The number of benzene rings is 3. The van der Waals surface area contributed by atoms with Crippen molar-refractivity contribution in [2.45, 2.75) is 17.6 Å². The zero-order valence-electron chi connectivity index (χ0n) is 18.7. The molecule has 8 heteroatoms. The van der Waals surface area contributed by atoms with Crippen LogP contribution in [0.4, 0.5) is 5.69 Å². The highest BCUT2D eigenvalue weighted by atomic mass is 32.2. The lowest BCUT2D eigenvalue weighted by Crippen LogP contribution is -2.41. The number of anilines is 1. The number of carbonyl (C=O) groups is 1. The van der Waals surface area contributed by atoms with Crippen LogP contribution in [0.3, 0.4) is 0 Å². The number of nitrogens with zero attached hydrogens (tertiary/aromatic N) is 1. The molecule has 0 aliphatic heterocycles. The summed E-state index contributed by atoms with van der Waals surface area (Å²) in [5, 5.41) is 2.84. The first kappa shape index (κ1) is 24.7. The quantitative estimate of drug-likeness (QED) is 0.412. The standard InChI is InChI=1S/C25H28N2O4S2/c1-20-7-6-8-21(17-20)19-32-16-15-26-25(28)18-27(22-9-4-3-5-10-22)33(29,30)24-13-11-23(31-2)12-14-24/h3-14,17H,15-16,18-19H2,1-2H3,(H,26,28). The van der Waals surface area contributed by atoms with E-state index in [1.807, 2.05) is 6.07 Å². The average Bonchev–Trinajstić information content (AvgIpc) is 2.83. The molecule has 0 heterocycles. The third-order valence-corrected chi connectivity index (χ3v) is 7.72. The topological polar surface area (TPSA) is 75.7 Å². The van der Waals surface area contributed by atoms with Crippen LogP contribution in [0.15, 0.2) is 83.8 Å². The Kier molecular flexibility index (Phi) is 8.79. The summed E-state index contributed by atoms with van der Waals surface area (Å²) in [5.41, 5.74) is 2.89. The van der Waals surface area contributed by atoms with E-state index < -0.39 is 10.0 Å². The van der Waals surface area contributed by atoms with Crippen LogP contribution >= 0.6 is 11.8 Å². The van der Waals surface area contributed by atoms with Gasteiger partial charge in [0.05, 0.1) is 17.7 Å². The summed E-state index contributed by atoms with van der Waals surface area (Å²) in [6.07, 6.45) is 0. The van der Waals surface area contributed by atoms with Crippen molar-refractivity contribution >= 4 is 33.4 Å². The molecule has 0 aromatic heterocycles. The summed E-state index contributed by atoms with van der Waals surface area (Å²) in [6, 6.07) is 23.1. The monoisotopic (exact) mass is 484 g/mol. The molecule has 0 saturated carbocycles. The van der Waals surface area contributed by atoms with E-state index in [4.69, 9.17) is 4.74 Å². The molecular formula is C25H28N2O4S2. The Bertz CT molecular complexity index is 1150. The van der Waals surface area contributed by atoms with Gasteiger partial charge in [0.25, 0.3) is 10.0 Å². The minimum absolute atomic E-state index is 0.0914. The van der Waals surface area contributed by atoms with Gasteiger partial charge in [-0.2, -0.15) is 11.8 Å². The third-order valence-electron chi connectivity index (χ3n) is 4.90. The molecule has 0 spiro atoms. The van der Waals surface area contributed by atoms with Crippen LogP contribution in [0.5, 0.6) is 5.75 Å². The van der Waals surface area contributed by atoms with Crippen LogP contribution in [0.25, 0.3) is 0 Å². The smallest absolute Gasteiger partial charge is 0.264 e. The van der Waals surface area contributed by atoms with E-state index in [1.54, 1.807) is 54.2 Å². The van der Waals surface area contributed by atoms with E-state index in [1.165, 1.54) is 30.4 Å². The summed E-state index contributed by atoms with van der Waals surface area (Å²) >= 11 is 1.72. The molecule has 0 atom stereocenters. The number of nitrogens with one attached hydrogen (secondary N) is 1. The maximum atomic E-state index is 13.3. The Hall–Kier alpha value is -2.97. The zero-order chi connectivity index (χ0) is 23.7. The van der Waals surface area contributed by atoms with Gasteiger partial charge >= 0.3 is 0 Å². The zero-order valence-corrected chi connectivity index (χ0v) is 20.4. The third kappa shape index (κ3) is 7.00. The summed E-state index contributed by atoms with van der Waals surface area (Å²) in [6.45, 7) is 2.22. The number of para-hydroxylation sites is 1. The molecule has 0 radical (unpaired) electrons. The molecule has 0 unspecified atom stereocenters. The minimum atomic E-state index is -3.94. The normalized spacial score (nSPS) is 11.1. The van der Waals surface area contributed by atoms with E-state index in [2.05, 4.69) is 30.4 Å². The van der Waals surface area contributed by atoms with E-state index in [9.17, 15) is 13.2 Å². The first-order chi connectivity index (χ1) is 15.9. The Balaban J connectivity index is 1.62. The van der Waals surface area contributed by atoms with Crippen LogP contribution < -0.4 is 14.4 Å². The van der Waals surface area contributed by atoms with Crippen molar-refractivity contribution in [3.63, 3.8) is 0 Å². The van der Waals surface area contributed by atoms with Gasteiger partial charge in [0.2, 0.25) is 5.91 Å². The first-order valence-corrected chi connectivity index (χ1v) is 13.1. The fourth-order valence-corrected chi connectivity index (χ4v) is 5.45. The van der Waals surface area contributed by atoms with Gasteiger partial charge in [-0.05, 0) is 48.9 Å². The second-order valence-electron chi connectivity index (χ2n) is 7.41. The Morgan fingerprint density at radius 2 is 1.73 bits per heavy atom. The summed E-state index contributed by atoms with van der Waals surface area (Å²) in [5.74, 6) is 1.80. The lowest BCUT2D eigenvalue weighted by molar-refractivity contribution is -0.119. The van der Waals surface area contributed by atoms with Crippen LogP contribution in [-0.4, -0.2) is 40.3 Å². The van der Waals surface area contributed by atoms with E-state index in [-0.39, 0.29) is 17.3 Å². The molecule has 1 N–H and O–H groups in total. The minimum Gasteiger partial charge on any atom is -0.497 e. The molecule has 0 saturated heterocycles. The van der Waals surface area contributed by atoms with Crippen molar-refractivity contribution in [1.29, 1.82) is 0 Å². The van der Waals surface area contributed by atoms with Gasteiger partial charge in [-0.3, -0.25) is 9.10 Å². The molecule has 0 aliphatic carbocycles. The molecule has 0 aliphatic rings. The molecule has 33 heavy (non-hydrogen) atoms. The molecule has 0 fully saturated rings. The predicted octanol–water partition coefficient (Wildman–Crippen LogP) is 4.25. The highest BCUT2D eigenvalue weighted by Crippen LogP contribution is 2.24. The number of aryl methyl sites for hydroxylation is 1. The fourth-order valence-electron chi connectivity index (χ4n) is 3.23. The molecule has 3 aromatic rings. The van der Waals surface area contributed by atoms with Crippen LogP contribution in [-0.2, 0) is 20.6 Å². The van der Waals surface area contributed by atoms with Gasteiger partial charge in [0.15, 0.2) is 0 Å². The molecule has 3 aromatic carbocycles. The largest absolute Gasteiger partial charge is 0.497 e. The van der Waals surface area contributed by atoms with Crippen LogP contribution in [0, 0.1) is 6.92 Å². The van der Waals surface area contributed by atoms with Gasteiger partial charge in [-0.25, -0.2) is 8.42 Å². The highest BCUT2D eigenvalue weighted by molar-refractivity contribution is 7.98. The Labute approximate surface area is 200 Å². The van der Waals surface area contributed by atoms with Gasteiger partial charge in [0.1, 0.15) is 12.3 Å². The van der Waals surface area contributed by atoms with Crippen molar-refractivity contribution in [3.05, 3.63) is 90.0 Å². The van der Waals surface area contributed by atoms with Crippen molar-refractivity contribution in [3.8, 4) is 5.75 Å². The molecule has 3 rings (SSSR count). The number of carbonyl (C=O) groups excluding carboxylic acids is 1. The van der Waals surface area contributed by atoms with Crippen molar-refractivity contribution in [2.24, 2.45) is 0 Å². The van der Waals surface area contributed by atoms with Crippen LogP contribution in [0.1, 0.15) is 11.1 Å². The number of methoxy groups -OCH3 is 1. The molecule has 1 amide bonds. The second-order valence-corrected chi connectivity index (χ2v) is 10.4. The second kappa shape index (κ2) is 11.8. The number of hydrogen-bond acceptors (Lipinski definition) is 5.